The lowest BCUT2D eigenvalue weighted by Gasteiger charge is -2.26. The monoisotopic (exact) mass is 296 g/mol. The molecule has 1 heterocycles. The summed E-state index contributed by atoms with van der Waals surface area (Å²) in [5.41, 5.74) is 7.01. The van der Waals surface area contributed by atoms with Crippen LogP contribution in [0.1, 0.15) is 37.8 Å². The van der Waals surface area contributed by atoms with Crippen LogP contribution in [0.3, 0.4) is 0 Å². The maximum Gasteiger partial charge on any atom is 0.178 e. The lowest BCUT2D eigenvalue weighted by Crippen LogP contribution is -2.31. The maximum atomic E-state index is 12.0. The van der Waals surface area contributed by atoms with E-state index in [0.29, 0.717) is 17.9 Å². The van der Waals surface area contributed by atoms with Crippen molar-refractivity contribution in [2.24, 2.45) is 5.73 Å². The first kappa shape index (κ1) is 15.5. The van der Waals surface area contributed by atoms with Crippen LogP contribution in [-0.2, 0) is 9.84 Å². The van der Waals surface area contributed by atoms with Gasteiger partial charge in [-0.3, -0.25) is 4.90 Å². The molecule has 0 aliphatic carbocycles. The van der Waals surface area contributed by atoms with Gasteiger partial charge in [0.2, 0.25) is 0 Å². The molecule has 4 nitrogen and oxygen atoms in total. The molecule has 0 aromatic heterocycles. The van der Waals surface area contributed by atoms with Crippen LogP contribution in [-0.4, -0.2) is 38.7 Å². The van der Waals surface area contributed by atoms with Crippen LogP contribution >= 0.6 is 0 Å². The minimum Gasteiger partial charge on any atom is -0.329 e. The molecular weight excluding hydrogens is 272 g/mol. The molecule has 0 radical (unpaired) electrons. The van der Waals surface area contributed by atoms with Gasteiger partial charge in [0.25, 0.3) is 0 Å². The minimum absolute atomic E-state index is 0.207. The van der Waals surface area contributed by atoms with Gasteiger partial charge in [-0.05, 0) is 50.0 Å². The Morgan fingerprint density at radius 1 is 1.20 bits per heavy atom. The molecule has 2 rings (SSSR count). The van der Waals surface area contributed by atoms with E-state index in [1.165, 1.54) is 12.8 Å². The van der Waals surface area contributed by atoms with Gasteiger partial charge in [-0.2, -0.15) is 0 Å². The number of benzene rings is 1. The van der Waals surface area contributed by atoms with Crippen molar-refractivity contribution in [3.63, 3.8) is 0 Å². The molecular formula is C15H24N2O2S. The fourth-order valence-electron chi connectivity index (χ4n) is 2.83. The Kier molecular flexibility index (Phi) is 5.18. The Morgan fingerprint density at radius 2 is 1.80 bits per heavy atom. The molecule has 2 N–H and O–H groups in total. The van der Waals surface area contributed by atoms with E-state index in [1.807, 2.05) is 19.1 Å². The molecule has 1 aromatic carbocycles. The van der Waals surface area contributed by atoms with E-state index in [4.69, 9.17) is 5.73 Å². The summed E-state index contributed by atoms with van der Waals surface area (Å²) < 4.78 is 24.0. The van der Waals surface area contributed by atoms with Crippen molar-refractivity contribution in [3.8, 4) is 0 Å². The van der Waals surface area contributed by atoms with Gasteiger partial charge in [-0.15, -0.1) is 0 Å². The maximum absolute atomic E-state index is 12.0. The minimum atomic E-state index is -3.12. The molecule has 1 aromatic rings. The van der Waals surface area contributed by atoms with Crippen molar-refractivity contribution in [1.82, 2.24) is 4.90 Å². The Morgan fingerprint density at radius 3 is 2.30 bits per heavy atom. The lowest BCUT2D eigenvalue weighted by molar-refractivity contribution is 0.251. The number of hydrogen-bond acceptors (Lipinski definition) is 4. The highest BCUT2D eigenvalue weighted by Crippen LogP contribution is 2.25. The Hall–Kier alpha value is -0.910. The fraction of sp³-hybridized carbons (Fsp3) is 0.600. The number of hydrogen-bond donors (Lipinski definition) is 1. The summed E-state index contributed by atoms with van der Waals surface area (Å²) in [6.07, 6.45) is 3.09. The number of likely N-dealkylation sites (tertiary alicyclic amines) is 1. The summed E-state index contributed by atoms with van der Waals surface area (Å²) in [5, 5.41) is 0. The SMILES string of the molecule is CCCS(=O)(=O)c1ccc(C(CN)N2CCCC2)cc1. The average Bonchev–Trinajstić information content (AvgIpc) is 2.94. The Bertz CT molecular complexity index is 519. The highest BCUT2D eigenvalue weighted by molar-refractivity contribution is 7.91. The molecule has 5 heteroatoms. The summed E-state index contributed by atoms with van der Waals surface area (Å²) in [6, 6.07) is 7.48. The Labute approximate surface area is 121 Å². The van der Waals surface area contributed by atoms with E-state index < -0.39 is 9.84 Å². The highest BCUT2D eigenvalue weighted by atomic mass is 32.2. The van der Waals surface area contributed by atoms with E-state index in [0.717, 1.165) is 18.7 Å². The zero-order valence-corrected chi connectivity index (χ0v) is 12.9. The molecule has 1 unspecified atom stereocenters. The highest BCUT2D eigenvalue weighted by Gasteiger charge is 2.22. The first-order chi connectivity index (χ1) is 9.58. The lowest BCUT2D eigenvalue weighted by atomic mass is 10.1. The molecule has 1 fully saturated rings. The van der Waals surface area contributed by atoms with Crippen LogP contribution in [0.5, 0.6) is 0 Å². The molecule has 0 saturated carbocycles. The second-order valence-electron chi connectivity index (χ2n) is 5.38. The second-order valence-corrected chi connectivity index (χ2v) is 7.49. The van der Waals surface area contributed by atoms with Gasteiger partial charge in [0.15, 0.2) is 9.84 Å². The molecule has 0 spiro atoms. The number of nitrogens with two attached hydrogens (primary N) is 1. The third-order valence-corrected chi connectivity index (χ3v) is 5.84. The fourth-order valence-corrected chi connectivity index (χ4v) is 4.16. The van der Waals surface area contributed by atoms with Gasteiger partial charge in [-0.25, -0.2) is 8.42 Å². The zero-order chi connectivity index (χ0) is 14.6. The van der Waals surface area contributed by atoms with E-state index in [9.17, 15) is 8.42 Å². The van der Waals surface area contributed by atoms with E-state index in [-0.39, 0.29) is 11.8 Å². The van der Waals surface area contributed by atoms with Gasteiger partial charge in [-0.1, -0.05) is 19.1 Å². The predicted molar refractivity (Wildman–Crippen MR) is 81.4 cm³/mol. The van der Waals surface area contributed by atoms with Crippen LogP contribution in [0.15, 0.2) is 29.2 Å². The number of rotatable bonds is 6. The molecule has 0 amide bonds. The van der Waals surface area contributed by atoms with Crippen LogP contribution < -0.4 is 5.73 Å². The van der Waals surface area contributed by atoms with Crippen LogP contribution in [0.2, 0.25) is 0 Å². The second kappa shape index (κ2) is 6.70. The summed E-state index contributed by atoms with van der Waals surface area (Å²) >= 11 is 0. The van der Waals surface area contributed by atoms with Gasteiger partial charge < -0.3 is 5.73 Å². The summed E-state index contributed by atoms with van der Waals surface area (Å²) in [4.78, 5) is 2.80. The summed E-state index contributed by atoms with van der Waals surface area (Å²) in [6.45, 7) is 4.61. The predicted octanol–water partition coefficient (Wildman–Crippen LogP) is 1.97. The van der Waals surface area contributed by atoms with Crippen LogP contribution in [0.25, 0.3) is 0 Å². The van der Waals surface area contributed by atoms with E-state index in [1.54, 1.807) is 12.1 Å². The van der Waals surface area contributed by atoms with Crippen LogP contribution in [0.4, 0.5) is 0 Å². The third-order valence-electron chi connectivity index (χ3n) is 3.90. The summed E-state index contributed by atoms with van der Waals surface area (Å²) in [7, 11) is -3.12. The summed E-state index contributed by atoms with van der Waals surface area (Å²) in [5.74, 6) is 0.207. The van der Waals surface area contributed by atoms with Gasteiger partial charge in [0, 0.05) is 12.6 Å². The molecule has 20 heavy (non-hydrogen) atoms. The van der Waals surface area contributed by atoms with Crippen LogP contribution in [0, 0.1) is 0 Å². The van der Waals surface area contributed by atoms with Crippen molar-refractivity contribution in [2.75, 3.05) is 25.4 Å². The Balaban J connectivity index is 2.18. The molecule has 1 aliphatic rings. The standard InChI is InChI=1S/C15H24N2O2S/c1-2-11-20(18,19)14-7-5-13(6-8-14)15(12-16)17-9-3-4-10-17/h5-8,15H,2-4,9-12,16H2,1H3. The average molecular weight is 296 g/mol. The van der Waals surface area contributed by atoms with Gasteiger partial charge in [0.05, 0.1) is 10.6 Å². The van der Waals surface area contributed by atoms with Crippen molar-refractivity contribution in [3.05, 3.63) is 29.8 Å². The number of sulfone groups is 1. The van der Waals surface area contributed by atoms with E-state index in [2.05, 4.69) is 4.90 Å². The van der Waals surface area contributed by atoms with Crippen molar-refractivity contribution >= 4 is 9.84 Å². The smallest absolute Gasteiger partial charge is 0.178 e. The largest absolute Gasteiger partial charge is 0.329 e. The first-order valence-corrected chi connectivity index (χ1v) is 9.00. The zero-order valence-electron chi connectivity index (χ0n) is 12.1. The molecule has 1 aliphatic heterocycles. The quantitative estimate of drug-likeness (QED) is 0.871. The normalized spacial score (nSPS) is 18.3. The topological polar surface area (TPSA) is 63.4 Å². The third kappa shape index (κ3) is 3.40. The van der Waals surface area contributed by atoms with E-state index >= 15 is 0 Å². The molecule has 1 saturated heterocycles. The van der Waals surface area contributed by atoms with Gasteiger partial charge in [0.1, 0.15) is 0 Å². The number of nitrogens with zero attached hydrogens (tertiary/aromatic N) is 1. The molecule has 112 valence electrons. The van der Waals surface area contributed by atoms with Crippen molar-refractivity contribution < 1.29 is 8.42 Å². The molecule has 1 atom stereocenters. The molecule has 0 bridgehead atoms. The van der Waals surface area contributed by atoms with Crippen molar-refractivity contribution in [1.29, 1.82) is 0 Å². The van der Waals surface area contributed by atoms with Gasteiger partial charge >= 0.3 is 0 Å². The first-order valence-electron chi connectivity index (χ1n) is 7.35. The van der Waals surface area contributed by atoms with Crippen molar-refractivity contribution in [2.45, 2.75) is 37.1 Å².